The fourth-order valence-electron chi connectivity index (χ4n) is 2.21. The molecule has 0 atom stereocenters. The van der Waals surface area contributed by atoms with Crippen molar-refractivity contribution in [1.82, 2.24) is 4.90 Å². The highest BCUT2D eigenvalue weighted by Crippen LogP contribution is 2.32. The van der Waals surface area contributed by atoms with Gasteiger partial charge in [-0.25, -0.2) is 0 Å². The lowest BCUT2D eigenvalue weighted by atomic mass is 10.1. The van der Waals surface area contributed by atoms with E-state index in [9.17, 15) is 4.79 Å². The number of carbonyl (C=O) groups is 1. The maximum Gasteiger partial charge on any atom is 0.238 e. The Kier molecular flexibility index (Phi) is 4.91. The van der Waals surface area contributed by atoms with E-state index < -0.39 is 0 Å². The van der Waals surface area contributed by atoms with Gasteiger partial charge in [-0.3, -0.25) is 9.69 Å². The zero-order valence-corrected chi connectivity index (χ0v) is 12.1. The molecule has 2 rings (SSSR count). The zero-order chi connectivity index (χ0) is 13.8. The summed E-state index contributed by atoms with van der Waals surface area (Å²) in [6.07, 6.45) is 3.54. The summed E-state index contributed by atoms with van der Waals surface area (Å²) in [6, 6.07) is 3.15. The monoisotopic (exact) mass is 301 g/mol. The highest BCUT2D eigenvalue weighted by atomic mass is 35.5. The van der Waals surface area contributed by atoms with Crippen LogP contribution in [0.1, 0.15) is 19.3 Å². The van der Waals surface area contributed by atoms with Crippen LogP contribution in [0.3, 0.4) is 0 Å². The molecule has 1 aromatic carbocycles. The van der Waals surface area contributed by atoms with Crippen molar-refractivity contribution in [2.24, 2.45) is 0 Å². The molecule has 0 radical (unpaired) electrons. The van der Waals surface area contributed by atoms with Gasteiger partial charge in [0.2, 0.25) is 5.91 Å². The van der Waals surface area contributed by atoms with Crippen LogP contribution in [0.5, 0.6) is 0 Å². The summed E-state index contributed by atoms with van der Waals surface area (Å²) in [4.78, 5) is 14.1. The lowest BCUT2D eigenvalue weighted by molar-refractivity contribution is -0.117. The normalized spacial score (nSPS) is 16.3. The molecule has 0 unspecified atom stereocenters. The first kappa shape index (κ1) is 14.4. The van der Waals surface area contributed by atoms with Crippen molar-refractivity contribution in [3.8, 4) is 0 Å². The summed E-state index contributed by atoms with van der Waals surface area (Å²) in [5.41, 5.74) is 6.52. The van der Waals surface area contributed by atoms with E-state index in [1.807, 2.05) is 0 Å². The molecular formula is C13H17Cl2N3O. The summed E-state index contributed by atoms with van der Waals surface area (Å²) in [5.74, 6) is -0.101. The fourth-order valence-corrected chi connectivity index (χ4v) is 2.81. The van der Waals surface area contributed by atoms with Crippen molar-refractivity contribution in [2.45, 2.75) is 19.3 Å². The number of piperidine rings is 1. The number of nitrogen functional groups attached to an aromatic ring is 1. The van der Waals surface area contributed by atoms with Crippen LogP contribution in [0.15, 0.2) is 12.1 Å². The van der Waals surface area contributed by atoms with Crippen molar-refractivity contribution in [3.05, 3.63) is 22.2 Å². The first-order valence-electron chi connectivity index (χ1n) is 6.33. The summed E-state index contributed by atoms with van der Waals surface area (Å²) in [6.45, 7) is 2.31. The molecule has 1 amide bonds. The summed E-state index contributed by atoms with van der Waals surface area (Å²) in [5, 5.41) is 3.47. The Morgan fingerprint density at radius 3 is 2.37 bits per heavy atom. The third kappa shape index (κ3) is 4.00. The lowest BCUT2D eigenvalue weighted by Gasteiger charge is -2.25. The van der Waals surface area contributed by atoms with Crippen molar-refractivity contribution in [1.29, 1.82) is 0 Å². The Bertz CT molecular complexity index is 450. The number of likely N-dealkylation sites (tertiary alicyclic amines) is 1. The molecular weight excluding hydrogens is 285 g/mol. The largest absolute Gasteiger partial charge is 0.399 e. The quantitative estimate of drug-likeness (QED) is 0.844. The predicted octanol–water partition coefficient (Wildman–Crippen LogP) is 3.00. The molecule has 0 bridgehead atoms. The average molecular weight is 302 g/mol. The molecule has 1 fully saturated rings. The lowest BCUT2D eigenvalue weighted by Crippen LogP contribution is -2.36. The first-order chi connectivity index (χ1) is 9.06. The molecule has 1 heterocycles. The third-order valence-electron chi connectivity index (χ3n) is 3.14. The second-order valence-corrected chi connectivity index (χ2v) is 5.56. The van der Waals surface area contributed by atoms with E-state index in [1.54, 1.807) is 12.1 Å². The minimum absolute atomic E-state index is 0.101. The zero-order valence-electron chi connectivity index (χ0n) is 10.6. The molecule has 1 saturated heterocycles. The molecule has 1 aromatic rings. The molecule has 0 aromatic heterocycles. The van der Waals surface area contributed by atoms with Gasteiger partial charge in [0, 0.05) is 5.69 Å². The Labute approximate surface area is 122 Å². The molecule has 6 heteroatoms. The topological polar surface area (TPSA) is 58.4 Å². The summed E-state index contributed by atoms with van der Waals surface area (Å²) >= 11 is 12.1. The van der Waals surface area contributed by atoms with E-state index >= 15 is 0 Å². The number of hydrogen-bond donors (Lipinski definition) is 2. The van der Waals surface area contributed by atoms with Gasteiger partial charge >= 0.3 is 0 Å². The molecule has 104 valence electrons. The number of nitrogens with zero attached hydrogens (tertiary/aromatic N) is 1. The van der Waals surface area contributed by atoms with Crippen LogP contribution in [0.25, 0.3) is 0 Å². The van der Waals surface area contributed by atoms with Gasteiger partial charge in [-0.15, -0.1) is 0 Å². The van der Waals surface area contributed by atoms with Gasteiger partial charge in [0.25, 0.3) is 0 Å². The number of hydrogen-bond acceptors (Lipinski definition) is 3. The van der Waals surface area contributed by atoms with Gasteiger partial charge in [0.05, 0.1) is 22.3 Å². The number of nitrogens with two attached hydrogens (primary N) is 1. The summed E-state index contributed by atoms with van der Waals surface area (Å²) in [7, 11) is 0. The molecule has 0 aliphatic carbocycles. The maximum absolute atomic E-state index is 12.0. The van der Waals surface area contributed by atoms with Crippen molar-refractivity contribution in [2.75, 3.05) is 30.7 Å². The number of halogens is 2. The van der Waals surface area contributed by atoms with E-state index in [-0.39, 0.29) is 5.91 Å². The van der Waals surface area contributed by atoms with Crippen LogP contribution >= 0.6 is 23.2 Å². The molecule has 19 heavy (non-hydrogen) atoms. The van der Waals surface area contributed by atoms with Crippen LogP contribution < -0.4 is 11.1 Å². The molecule has 1 aliphatic heterocycles. The third-order valence-corrected chi connectivity index (χ3v) is 3.74. The van der Waals surface area contributed by atoms with Gasteiger partial charge < -0.3 is 11.1 Å². The SMILES string of the molecule is Nc1cc(Cl)c(NC(=O)CN2CCCCC2)c(Cl)c1. The van der Waals surface area contributed by atoms with Crippen LogP contribution in [0, 0.1) is 0 Å². The molecule has 0 saturated carbocycles. The van der Waals surface area contributed by atoms with Gasteiger partial charge in [-0.1, -0.05) is 29.6 Å². The standard InChI is InChI=1S/C13H17Cl2N3O/c14-10-6-9(16)7-11(15)13(10)17-12(19)8-18-4-2-1-3-5-18/h6-7H,1-5,8,16H2,(H,17,19). The number of rotatable bonds is 3. The molecule has 3 N–H and O–H groups in total. The van der Waals surface area contributed by atoms with E-state index in [4.69, 9.17) is 28.9 Å². The van der Waals surface area contributed by atoms with E-state index in [2.05, 4.69) is 10.2 Å². The maximum atomic E-state index is 12.0. The van der Waals surface area contributed by atoms with Crippen LogP contribution in [0.2, 0.25) is 10.0 Å². The van der Waals surface area contributed by atoms with E-state index in [1.165, 1.54) is 6.42 Å². The minimum Gasteiger partial charge on any atom is -0.399 e. The van der Waals surface area contributed by atoms with E-state index in [0.29, 0.717) is 28.0 Å². The highest BCUT2D eigenvalue weighted by molar-refractivity contribution is 6.40. The van der Waals surface area contributed by atoms with Crippen LogP contribution in [-0.2, 0) is 4.79 Å². The van der Waals surface area contributed by atoms with Gasteiger partial charge in [0.1, 0.15) is 0 Å². The average Bonchev–Trinajstić information content (AvgIpc) is 2.35. The van der Waals surface area contributed by atoms with Gasteiger partial charge in [-0.2, -0.15) is 0 Å². The number of carbonyl (C=O) groups excluding carboxylic acids is 1. The molecule has 1 aliphatic rings. The van der Waals surface area contributed by atoms with Crippen LogP contribution in [0.4, 0.5) is 11.4 Å². The second kappa shape index (κ2) is 6.46. The Balaban J connectivity index is 1.98. The fraction of sp³-hybridized carbons (Fsp3) is 0.462. The van der Waals surface area contributed by atoms with Crippen molar-refractivity contribution in [3.63, 3.8) is 0 Å². The van der Waals surface area contributed by atoms with Gasteiger partial charge in [0.15, 0.2) is 0 Å². The van der Waals surface area contributed by atoms with Crippen LogP contribution in [-0.4, -0.2) is 30.4 Å². The van der Waals surface area contributed by atoms with Gasteiger partial charge in [-0.05, 0) is 38.1 Å². The Morgan fingerprint density at radius 2 is 1.79 bits per heavy atom. The number of anilines is 2. The summed E-state index contributed by atoms with van der Waals surface area (Å²) < 4.78 is 0. The number of nitrogens with one attached hydrogen (secondary N) is 1. The first-order valence-corrected chi connectivity index (χ1v) is 7.08. The predicted molar refractivity (Wildman–Crippen MR) is 79.8 cm³/mol. The second-order valence-electron chi connectivity index (χ2n) is 4.74. The highest BCUT2D eigenvalue weighted by Gasteiger charge is 2.16. The Morgan fingerprint density at radius 1 is 1.21 bits per heavy atom. The Hall–Kier alpha value is -0.970. The molecule has 4 nitrogen and oxygen atoms in total. The van der Waals surface area contributed by atoms with Crippen molar-refractivity contribution >= 4 is 40.5 Å². The molecule has 0 spiro atoms. The van der Waals surface area contributed by atoms with E-state index in [0.717, 1.165) is 25.9 Å². The number of benzene rings is 1. The van der Waals surface area contributed by atoms with Crippen molar-refractivity contribution < 1.29 is 4.79 Å². The number of amides is 1. The smallest absolute Gasteiger partial charge is 0.238 e. The minimum atomic E-state index is -0.101.